The second-order valence-corrected chi connectivity index (χ2v) is 12.1. The third-order valence-electron chi connectivity index (χ3n) is 8.35. The number of hydrogen-bond donors (Lipinski definition) is 1. The Labute approximate surface area is 257 Å². The second kappa shape index (κ2) is 10.0. The van der Waals surface area contributed by atoms with Gasteiger partial charge in [0.2, 0.25) is 0 Å². The van der Waals surface area contributed by atoms with Crippen LogP contribution >= 0.6 is 11.3 Å². The smallest absolute Gasteiger partial charge is 0.159 e. The second-order valence-electron chi connectivity index (χ2n) is 11.0. The van der Waals surface area contributed by atoms with Crippen molar-refractivity contribution in [2.45, 2.75) is 6.17 Å². The summed E-state index contributed by atoms with van der Waals surface area (Å²) in [6.07, 6.45) is -0.242. The summed E-state index contributed by atoms with van der Waals surface area (Å²) in [4.78, 5) is 9.97. The Morgan fingerprint density at radius 2 is 1.34 bits per heavy atom. The van der Waals surface area contributed by atoms with Crippen molar-refractivity contribution < 1.29 is 4.42 Å². The molecule has 9 rings (SSSR count). The first kappa shape index (κ1) is 25.0. The minimum absolute atomic E-state index is 0.242. The third-order valence-corrected chi connectivity index (χ3v) is 9.48. The Morgan fingerprint density at radius 1 is 0.568 bits per heavy atom. The number of aliphatic imine (C=N–C) groups is 2. The maximum atomic E-state index is 6.44. The fourth-order valence-corrected chi connectivity index (χ4v) is 7.36. The van der Waals surface area contributed by atoms with Crippen molar-refractivity contribution in [3.05, 3.63) is 156 Å². The van der Waals surface area contributed by atoms with Crippen molar-refractivity contribution in [1.29, 1.82) is 0 Å². The quantitative estimate of drug-likeness (QED) is 0.224. The van der Waals surface area contributed by atoms with Crippen molar-refractivity contribution in [2.75, 3.05) is 0 Å². The molecule has 0 fully saturated rings. The highest BCUT2D eigenvalue weighted by molar-refractivity contribution is 7.25. The van der Waals surface area contributed by atoms with E-state index in [1.54, 1.807) is 0 Å². The fourth-order valence-electron chi connectivity index (χ4n) is 6.23. The van der Waals surface area contributed by atoms with Gasteiger partial charge < -0.3 is 9.73 Å². The van der Waals surface area contributed by atoms with Gasteiger partial charge in [-0.3, -0.25) is 0 Å². The molecule has 0 bridgehead atoms. The van der Waals surface area contributed by atoms with E-state index < -0.39 is 0 Å². The minimum Gasteiger partial charge on any atom is -0.456 e. The Morgan fingerprint density at radius 3 is 2.23 bits per heavy atom. The van der Waals surface area contributed by atoms with Gasteiger partial charge in [-0.25, -0.2) is 9.98 Å². The molecule has 0 amide bonds. The first-order valence-corrected chi connectivity index (χ1v) is 15.5. The molecule has 4 nitrogen and oxygen atoms in total. The Hall–Kier alpha value is -5.52. The number of benzene rings is 6. The molecule has 44 heavy (non-hydrogen) atoms. The van der Waals surface area contributed by atoms with Crippen LogP contribution in [0.3, 0.4) is 0 Å². The molecule has 208 valence electrons. The van der Waals surface area contributed by atoms with Crippen molar-refractivity contribution >= 4 is 65.1 Å². The Balaban J connectivity index is 1.15. The van der Waals surface area contributed by atoms with Crippen molar-refractivity contribution in [1.82, 2.24) is 5.32 Å². The first-order chi connectivity index (χ1) is 21.8. The number of fused-ring (bicyclic) bond motifs is 6. The van der Waals surface area contributed by atoms with E-state index in [1.165, 1.54) is 25.7 Å². The molecular formula is C39H25N3OS. The number of amidine groups is 2. The molecule has 1 aliphatic rings. The van der Waals surface area contributed by atoms with E-state index in [4.69, 9.17) is 14.4 Å². The van der Waals surface area contributed by atoms with E-state index in [2.05, 4.69) is 102 Å². The summed E-state index contributed by atoms with van der Waals surface area (Å²) in [6, 6.07) is 48.6. The predicted octanol–water partition coefficient (Wildman–Crippen LogP) is 10.1. The molecule has 1 aliphatic heterocycles. The topological polar surface area (TPSA) is 49.9 Å². The summed E-state index contributed by atoms with van der Waals surface area (Å²) in [6.45, 7) is 0. The molecule has 0 spiro atoms. The van der Waals surface area contributed by atoms with Crippen LogP contribution in [0.15, 0.2) is 154 Å². The van der Waals surface area contributed by atoms with E-state index >= 15 is 0 Å². The van der Waals surface area contributed by atoms with Gasteiger partial charge in [0, 0.05) is 42.1 Å². The zero-order valence-electron chi connectivity index (χ0n) is 23.6. The van der Waals surface area contributed by atoms with Gasteiger partial charge in [-0.05, 0) is 59.2 Å². The van der Waals surface area contributed by atoms with Crippen LogP contribution in [-0.4, -0.2) is 11.7 Å². The molecule has 0 saturated carbocycles. The number of furan rings is 1. The van der Waals surface area contributed by atoms with Gasteiger partial charge in [0.15, 0.2) is 5.84 Å². The highest BCUT2D eigenvalue weighted by Gasteiger charge is 2.22. The van der Waals surface area contributed by atoms with Gasteiger partial charge in [-0.1, -0.05) is 97.1 Å². The van der Waals surface area contributed by atoms with Gasteiger partial charge in [-0.2, -0.15) is 0 Å². The molecule has 6 aromatic carbocycles. The van der Waals surface area contributed by atoms with Crippen LogP contribution < -0.4 is 5.32 Å². The molecule has 3 heterocycles. The lowest BCUT2D eigenvalue weighted by Gasteiger charge is -2.23. The number of nitrogens with zero attached hydrogens (tertiary/aromatic N) is 2. The van der Waals surface area contributed by atoms with Crippen molar-refractivity contribution in [2.24, 2.45) is 9.98 Å². The average Bonchev–Trinajstić information content (AvgIpc) is 3.66. The standard InChI is InChI=1S/C39H25N3OS/c1-3-10-24(11-4-1)37-40-38(25-12-5-2-6-13-25)42-39(41-37)27-19-21-32-31(22-27)29-20-18-26(23-33(29)43-32)28-15-9-17-35-36(28)30-14-7-8-16-34(30)44-35/h1-23,37H,(H,40,41,42). The van der Waals surface area contributed by atoms with Crippen molar-refractivity contribution in [3.63, 3.8) is 0 Å². The van der Waals surface area contributed by atoms with E-state index in [-0.39, 0.29) is 6.17 Å². The monoisotopic (exact) mass is 583 g/mol. The average molecular weight is 584 g/mol. The number of hydrogen-bond acceptors (Lipinski definition) is 5. The van der Waals surface area contributed by atoms with Crippen molar-refractivity contribution in [3.8, 4) is 11.1 Å². The van der Waals surface area contributed by atoms with Crippen LogP contribution in [0.2, 0.25) is 0 Å². The molecule has 1 unspecified atom stereocenters. The Bertz CT molecular complexity index is 2420. The molecule has 1 N–H and O–H groups in total. The molecule has 1 atom stereocenters. The Kier molecular flexibility index (Phi) is 5.71. The van der Waals surface area contributed by atoms with E-state index in [0.29, 0.717) is 5.84 Å². The van der Waals surface area contributed by atoms with Gasteiger partial charge >= 0.3 is 0 Å². The summed E-state index contributed by atoms with van der Waals surface area (Å²) in [5, 5.41) is 8.33. The zero-order valence-corrected chi connectivity index (χ0v) is 24.4. The zero-order chi connectivity index (χ0) is 29.0. The SMILES string of the molecule is c1ccc(C2=NC(c3ccccc3)NC(c3ccc4oc5cc(-c6cccc7sc8ccccc8c67)ccc5c4c3)=N2)cc1. The van der Waals surface area contributed by atoms with Gasteiger partial charge in [0.1, 0.15) is 23.2 Å². The van der Waals surface area contributed by atoms with Crippen LogP contribution in [0, 0.1) is 0 Å². The van der Waals surface area contributed by atoms with E-state index in [9.17, 15) is 0 Å². The summed E-state index contributed by atoms with van der Waals surface area (Å²) in [5.41, 5.74) is 7.17. The highest BCUT2D eigenvalue weighted by atomic mass is 32.1. The maximum Gasteiger partial charge on any atom is 0.159 e. The molecule has 0 saturated heterocycles. The number of thiophene rings is 1. The van der Waals surface area contributed by atoms with Crippen LogP contribution in [0.5, 0.6) is 0 Å². The van der Waals surface area contributed by atoms with Crippen LogP contribution in [0.25, 0.3) is 53.2 Å². The molecular weight excluding hydrogens is 559 g/mol. The molecule has 2 aromatic heterocycles. The minimum atomic E-state index is -0.242. The van der Waals surface area contributed by atoms with E-state index in [1.807, 2.05) is 53.8 Å². The third kappa shape index (κ3) is 4.13. The van der Waals surface area contributed by atoms with Crippen LogP contribution in [0.1, 0.15) is 22.9 Å². The molecule has 0 aliphatic carbocycles. The summed E-state index contributed by atoms with van der Waals surface area (Å²) < 4.78 is 9.04. The summed E-state index contributed by atoms with van der Waals surface area (Å²) >= 11 is 1.84. The number of rotatable bonds is 4. The highest BCUT2D eigenvalue weighted by Crippen LogP contribution is 2.41. The van der Waals surface area contributed by atoms with Gasteiger partial charge in [0.05, 0.1) is 0 Å². The first-order valence-electron chi connectivity index (χ1n) is 14.7. The largest absolute Gasteiger partial charge is 0.456 e. The lowest BCUT2D eigenvalue weighted by molar-refractivity contribution is 0.668. The molecule has 0 radical (unpaired) electrons. The van der Waals surface area contributed by atoms with E-state index in [0.717, 1.165) is 50.0 Å². The van der Waals surface area contributed by atoms with Crippen LogP contribution in [-0.2, 0) is 0 Å². The molecule has 5 heteroatoms. The lowest BCUT2D eigenvalue weighted by atomic mass is 9.98. The van der Waals surface area contributed by atoms with Gasteiger partial charge in [0.25, 0.3) is 0 Å². The predicted molar refractivity (Wildman–Crippen MR) is 184 cm³/mol. The van der Waals surface area contributed by atoms with Crippen LogP contribution in [0.4, 0.5) is 0 Å². The summed E-state index contributed by atoms with van der Waals surface area (Å²) in [7, 11) is 0. The lowest BCUT2D eigenvalue weighted by Crippen LogP contribution is -2.33. The summed E-state index contributed by atoms with van der Waals surface area (Å²) in [5.74, 6) is 1.50. The maximum absolute atomic E-state index is 6.44. The normalized spacial score (nSPS) is 15.0. The van der Waals surface area contributed by atoms with Gasteiger partial charge in [-0.15, -0.1) is 11.3 Å². The fraction of sp³-hybridized carbons (Fsp3) is 0.0256. The molecule has 8 aromatic rings. The number of nitrogens with one attached hydrogen (secondary N) is 1.